The van der Waals surface area contributed by atoms with Crippen LogP contribution in [0.15, 0.2) is 66.9 Å². The molecule has 1 aromatic heterocycles. The molecule has 3 amide bonds. The summed E-state index contributed by atoms with van der Waals surface area (Å²) in [5, 5.41) is 5.84. The van der Waals surface area contributed by atoms with Crippen LogP contribution in [0.3, 0.4) is 0 Å². The first kappa shape index (κ1) is 29.2. The van der Waals surface area contributed by atoms with Gasteiger partial charge in [0.25, 0.3) is 11.8 Å². The van der Waals surface area contributed by atoms with E-state index in [1.807, 2.05) is 12.1 Å². The van der Waals surface area contributed by atoms with E-state index in [0.29, 0.717) is 48.6 Å². The van der Waals surface area contributed by atoms with Crippen molar-refractivity contribution in [3.05, 3.63) is 89.5 Å². The van der Waals surface area contributed by atoms with Crippen LogP contribution in [-0.4, -0.2) is 70.8 Å². The zero-order valence-corrected chi connectivity index (χ0v) is 23.7. The van der Waals surface area contributed by atoms with E-state index in [1.165, 1.54) is 25.3 Å². The molecule has 0 bridgehead atoms. The molecule has 0 radical (unpaired) electrons. The molecule has 0 atom stereocenters. The molecule has 0 aliphatic carbocycles. The van der Waals surface area contributed by atoms with Crippen LogP contribution in [0, 0.1) is 5.82 Å². The number of halogens is 1. The summed E-state index contributed by atoms with van der Waals surface area (Å²) in [4.78, 5) is 45.5. The highest BCUT2D eigenvalue weighted by Gasteiger charge is 2.26. The molecule has 10 heteroatoms. The molecule has 0 saturated carbocycles. The Morgan fingerprint density at radius 1 is 0.952 bits per heavy atom. The highest BCUT2D eigenvalue weighted by molar-refractivity contribution is 5.96. The monoisotopic (exact) mass is 573 g/mol. The van der Waals surface area contributed by atoms with Crippen molar-refractivity contribution in [2.75, 3.05) is 31.5 Å². The largest absolute Gasteiger partial charge is 0.490 e. The fourth-order valence-electron chi connectivity index (χ4n) is 5.39. The van der Waals surface area contributed by atoms with Crippen LogP contribution in [0.1, 0.15) is 59.0 Å². The molecule has 2 aliphatic heterocycles. The molecule has 3 heterocycles. The van der Waals surface area contributed by atoms with Crippen LogP contribution in [0.5, 0.6) is 5.75 Å². The number of aromatic nitrogens is 1. The lowest BCUT2D eigenvalue weighted by Gasteiger charge is -2.32. The van der Waals surface area contributed by atoms with E-state index in [1.54, 1.807) is 41.3 Å². The third-order valence-corrected chi connectivity index (χ3v) is 7.67. The normalized spacial score (nSPS) is 16.6. The summed E-state index contributed by atoms with van der Waals surface area (Å²) in [6.45, 7) is 5.00. The Labute approximate surface area is 245 Å². The molecule has 0 unspecified atom stereocenters. The van der Waals surface area contributed by atoms with Gasteiger partial charge in [-0.15, -0.1) is 0 Å². The lowest BCUT2D eigenvalue weighted by atomic mass is 10.0. The summed E-state index contributed by atoms with van der Waals surface area (Å²) in [5.41, 5.74) is 2.49. The average Bonchev–Trinajstić information content (AvgIpc) is 2.99. The second-order valence-electron chi connectivity index (χ2n) is 10.9. The molecule has 3 aromatic rings. The van der Waals surface area contributed by atoms with Crippen molar-refractivity contribution >= 4 is 23.4 Å². The van der Waals surface area contributed by atoms with Crippen molar-refractivity contribution in [3.8, 4) is 5.75 Å². The highest BCUT2D eigenvalue weighted by Crippen LogP contribution is 2.23. The number of benzene rings is 2. The SMILES string of the molecule is CC(=O)Nc1cccc(OC2CCN(C(=O)c3ccc(C(=O)NC4CCN(Cc5ccc(F)cc5)CC4)cn3)CC2)c1. The van der Waals surface area contributed by atoms with Gasteiger partial charge in [-0.2, -0.15) is 0 Å². The van der Waals surface area contributed by atoms with Crippen molar-refractivity contribution in [2.45, 2.75) is 51.3 Å². The zero-order chi connectivity index (χ0) is 29.5. The Hall–Kier alpha value is -4.31. The van der Waals surface area contributed by atoms with Gasteiger partial charge >= 0.3 is 0 Å². The van der Waals surface area contributed by atoms with E-state index in [-0.39, 0.29) is 35.7 Å². The van der Waals surface area contributed by atoms with Crippen LogP contribution < -0.4 is 15.4 Å². The van der Waals surface area contributed by atoms with Gasteiger partial charge in [0.1, 0.15) is 23.4 Å². The van der Waals surface area contributed by atoms with Gasteiger partial charge in [-0.3, -0.25) is 24.3 Å². The molecule has 5 rings (SSSR count). The Morgan fingerprint density at radius 2 is 1.69 bits per heavy atom. The van der Waals surface area contributed by atoms with E-state index < -0.39 is 0 Å². The number of carbonyl (C=O) groups excluding carboxylic acids is 3. The number of amides is 3. The maximum Gasteiger partial charge on any atom is 0.272 e. The molecular formula is C32H36FN5O4. The average molecular weight is 574 g/mol. The van der Waals surface area contributed by atoms with Gasteiger partial charge in [0.05, 0.1) is 5.56 Å². The number of rotatable bonds is 8. The first-order valence-corrected chi connectivity index (χ1v) is 14.4. The van der Waals surface area contributed by atoms with Gasteiger partial charge < -0.3 is 20.3 Å². The van der Waals surface area contributed by atoms with Crippen molar-refractivity contribution < 1.29 is 23.5 Å². The van der Waals surface area contributed by atoms with E-state index in [0.717, 1.165) is 38.0 Å². The Balaban J connectivity index is 1.05. The molecule has 2 aliphatic rings. The predicted molar refractivity (Wildman–Crippen MR) is 157 cm³/mol. The number of piperidine rings is 2. The van der Waals surface area contributed by atoms with E-state index >= 15 is 0 Å². The Kier molecular flexibility index (Phi) is 9.43. The number of likely N-dealkylation sites (tertiary alicyclic amines) is 2. The van der Waals surface area contributed by atoms with Gasteiger partial charge in [-0.25, -0.2) is 4.39 Å². The Bertz CT molecular complexity index is 1380. The lowest BCUT2D eigenvalue weighted by molar-refractivity contribution is -0.114. The minimum absolute atomic E-state index is 0.0320. The molecule has 42 heavy (non-hydrogen) atoms. The summed E-state index contributed by atoms with van der Waals surface area (Å²) in [5.74, 6) is -0.0577. The lowest BCUT2D eigenvalue weighted by Crippen LogP contribution is -2.44. The molecule has 2 aromatic carbocycles. The van der Waals surface area contributed by atoms with Gasteiger partial charge in [-0.1, -0.05) is 18.2 Å². The van der Waals surface area contributed by atoms with Gasteiger partial charge in [-0.05, 0) is 54.8 Å². The number of hydrogen-bond acceptors (Lipinski definition) is 6. The van der Waals surface area contributed by atoms with Crippen molar-refractivity contribution in [1.29, 1.82) is 0 Å². The molecule has 0 spiro atoms. The fourth-order valence-corrected chi connectivity index (χ4v) is 5.39. The van der Waals surface area contributed by atoms with Gasteiger partial charge in [0, 0.05) is 76.5 Å². The van der Waals surface area contributed by atoms with Crippen LogP contribution in [0.25, 0.3) is 0 Å². The third kappa shape index (κ3) is 7.91. The number of anilines is 1. The minimum Gasteiger partial charge on any atom is -0.490 e. The van der Waals surface area contributed by atoms with Crippen LogP contribution in [0.2, 0.25) is 0 Å². The van der Waals surface area contributed by atoms with Crippen LogP contribution >= 0.6 is 0 Å². The molecule has 2 fully saturated rings. The van der Waals surface area contributed by atoms with Crippen molar-refractivity contribution in [1.82, 2.24) is 20.1 Å². The van der Waals surface area contributed by atoms with Gasteiger partial charge in [0.2, 0.25) is 5.91 Å². The first-order chi connectivity index (χ1) is 20.3. The van der Waals surface area contributed by atoms with Crippen LogP contribution in [-0.2, 0) is 11.3 Å². The van der Waals surface area contributed by atoms with E-state index in [4.69, 9.17) is 4.74 Å². The molecule has 2 N–H and O–H groups in total. The maximum absolute atomic E-state index is 13.1. The second kappa shape index (κ2) is 13.6. The number of ether oxygens (including phenoxy) is 1. The molecule has 9 nitrogen and oxygen atoms in total. The summed E-state index contributed by atoms with van der Waals surface area (Å²) >= 11 is 0. The summed E-state index contributed by atoms with van der Waals surface area (Å²) in [6, 6.07) is 17.2. The third-order valence-electron chi connectivity index (χ3n) is 7.67. The number of pyridine rings is 1. The minimum atomic E-state index is -0.234. The van der Waals surface area contributed by atoms with Crippen molar-refractivity contribution in [3.63, 3.8) is 0 Å². The van der Waals surface area contributed by atoms with E-state index in [9.17, 15) is 18.8 Å². The van der Waals surface area contributed by atoms with Crippen LogP contribution in [0.4, 0.5) is 10.1 Å². The van der Waals surface area contributed by atoms with E-state index in [2.05, 4.69) is 20.5 Å². The summed E-state index contributed by atoms with van der Waals surface area (Å²) in [6.07, 6.45) is 4.45. The quantitative estimate of drug-likeness (QED) is 0.418. The number of nitrogens with one attached hydrogen (secondary N) is 2. The summed E-state index contributed by atoms with van der Waals surface area (Å²) in [7, 11) is 0. The Morgan fingerprint density at radius 3 is 2.36 bits per heavy atom. The standard InChI is InChI=1S/C32H36FN5O4/c1-22(39)35-27-3-2-4-29(19-27)42-28-13-17-38(18-14-28)32(41)30-10-7-24(20-34-30)31(40)36-26-11-15-37(16-12-26)21-23-5-8-25(33)9-6-23/h2-10,19-20,26,28H,11-18,21H2,1H3,(H,35,39)(H,36,40). The number of nitrogens with zero attached hydrogens (tertiary/aromatic N) is 3. The van der Waals surface area contributed by atoms with Gasteiger partial charge in [0.15, 0.2) is 0 Å². The predicted octanol–water partition coefficient (Wildman–Crippen LogP) is 4.26. The first-order valence-electron chi connectivity index (χ1n) is 14.4. The molecule has 220 valence electrons. The number of hydrogen-bond donors (Lipinski definition) is 2. The maximum atomic E-state index is 13.1. The molecular weight excluding hydrogens is 537 g/mol. The second-order valence-corrected chi connectivity index (χ2v) is 10.9. The zero-order valence-electron chi connectivity index (χ0n) is 23.7. The smallest absolute Gasteiger partial charge is 0.272 e. The number of carbonyl (C=O) groups is 3. The fraction of sp³-hybridized carbons (Fsp3) is 0.375. The summed E-state index contributed by atoms with van der Waals surface area (Å²) < 4.78 is 19.2. The van der Waals surface area contributed by atoms with Crippen molar-refractivity contribution in [2.24, 2.45) is 0 Å². The highest BCUT2D eigenvalue weighted by atomic mass is 19.1. The topological polar surface area (TPSA) is 104 Å². The molecule has 2 saturated heterocycles.